The molecule has 1 aromatic rings. The summed E-state index contributed by atoms with van der Waals surface area (Å²) in [6.07, 6.45) is 1.63. The number of nitrogens with one attached hydrogen (secondary N) is 3. The lowest BCUT2D eigenvalue weighted by Crippen LogP contribution is -2.43. The molecule has 1 rings (SSSR count). The zero-order chi connectivity index (χ0) is 12.9. The van der Waals surface area contributed by atoms with Gasteiger partial charge in [0, 0.05) is 18.8 Å². The predicted molar refractivity (Wildman–Crippen MR) is 68.0 cm³/mol. The van der Waals surface area contributed by atoms with Crippen LogP contribution in [0.2, 0.25) is 0 Å². The normalized spacial score (nSPS) is 10.8. The first kappa shape index (κ1) is 13.2. The van der Waals surface area contributed by atoms with Crippen molar-refractivity contribution in [2.45, 2.75) is 26.3 Å². The van der Waals surface area contributed by atoms with Crippen molar-refractivity contribution < 1.29 is 4.79 Å². The van der Waals surface area contributed by atoms with Crippen LogP contribution in [0.5, 0.6) is 0 Å². The van der Waals surface area contributed by atoms with Crippen LogP contribution in [0.3, 0.4) is 0 Å². The van der Waals surface area contributed by atoms with Crippen molar-refractivity contribution in [2.24, 2.45) is 0 Å². The van der Waals surface area contributed by atoms with Crippen LogP contribution in [0.1, 0.15) is 20.8 Å². The Bertz CT molecular complexity index is 386. The van der Waals surface area contributed by atoms with Crippen molar-refractivity contribution in [3.63, 3.8) is 0 Å². The minimum absolute atomic E-state index is 0.0675. The molecule has 1 heterocycles. The van der Waals surface area contributed by atoms with E-state index < -0.39 is 0 Å². The molecule has 6 nitrogen and oxygen atoms in total. The van der Waals surface area contributed by atoms with E-state index in [9.17, 15) is 4.79 Å². The van der Waals surface area contributed by atoms with Gasteiger partial charge in [0.1, 0.15) is 5.82 Å². The van der Waals surface area contributed by atoms with E-state index in [0.717, 1.165) is 0 Å². The topological polar surface area (TPSA) is 78.9 Å². The third-order valence-corrected chi connectivity index (χ3v) is 1.82. The summed E-state index contributed by atoms with van der Waals surface area (Å²) in [7, 11) is 1.74. The molecule has 0 unspecified atom stereocenters. The highest BCUT2D eigenvalue weighted by molar-refractivity contribution is 5.81. The van der Waals surface area contributed by atoms with E-state index in [-0.39, 0.29) is 18.0 Å². The van der Waals surface area contributed by atoms with Crippen LogP contribution in [0, 0.1) is 0 Å². The Morgan fingerprint density at radius 1 is 1.41 bits per heavy atom. The number of carbonyl (C=O) groups excluding carboxylic acids is 1. The molecule has 0 bridgehead atoms. The van der Waals surface area contributed by atoms with Crippen molar-refractivity contribution in [3.8, 4) is 0 Å². The summed E-state index contributed by atoms with van der Waals surface area (Å²) in [6.45, 7) is 6.01. The molecule has 1 aromatic heterocycles. The molecule has 94 valence electrons. The van der Waals surface area contributed by atoms with E-state index in [2.05, 4.69) is 25.9 Å². The minimum atomic E-state index is -0.222. The van der Waals surface area contributed by atoms with Crippen molar-refractivity contribution in [1.82, 2.24) is 15.3 Å². The van der Waals surface area contributed by atoms with Gasteiger partial charge >= 0.3 is 0 Å². The largest absolute Gasteiger partial charge is 0.361 e. The molecule has 0 aromatic carbocycles. The lowest BCUT2D eigenvalue weighted by molar-refractivity contribution is -0.120. The summed E-state index contributed by atoms with van der Waals surface area (Å²) >= 11 is 0. The number of amides is 1. The van der Waals surface area contributed by atoms with Gasteiger partial charge in [0.05, 0.1) is 6.54 Å². The lowest BCUT2D eigenvalue weighted by atomic mass is 10.1. The quantitative estimate of drug-likeness (QED) is 0.723. The smallest absolute Gasteiger partial charge is 0.239 e. The highest BCUT2D eigenvalue weighted by Crippen LogP contribution is 2.04. The summed E-state index contributed by atoms with van der Waals surface area (Å²) in [4.78, 5) is 19.7. The fourth-order valence-corrected chi connectivity index (χ4v) is 1.21. The van der Waals surface area contributed by atoms with Gasteiger partial charge in [0.15, 0.2) is 0 Å². The first-order valence-electron chi connectivity index (χ1n) is 5.46. The van der Waals surface area contributed by atoms with Gasteiger partial charge in [-0.2, -0.15) is 4.98 Å². The molecule has 17 heavy (non-hydrogen) atoms. The maximum atomic E-state index is 11.6. The van der Waals surface area contributed by atoms with E-state index in [4.69, 9.17) is 0 Å². The van der Waals surface area contributed by atoms with Crippen LogP contribution < -0.4 is 16.0 Å². The van der Waals surface area contributed by atoms with Gasteiger partial charge in [0.2, 0.25) is 11.9 Å². The molecule has 0 aliphatic heterocycles. The first-order valence-corrected chi connectivity index (χ1v) is 5.46. The van der Waals surface area contributed by atoms with Crippen molar-refractivity contribution in [2.75, 3.05) is 24.2 Å². The number of aromatic nitrogens is 2. The Morgan fingerprint density at radius 2 is 2.12 bits per heavy atom. The summed E-state index contributed by atoms with van der Waals surface area (Å²) in [5.74, 6) is 1.07. The second kappa shape index (κ2) is 5.47. The minimum Gasteiger partial charge on any atom is -0.361 e. The van der Waals surface area contributed by atoms with E-state index in [1.54, 1.807) is 19.3 Å². The summed E-state index contributed by atoms with van der Waals surface area (Å²) in [5, 5.41) is 8.63. The summed E-state index contributed by atoms with van der Waals surface area (Å²) < 4.78 is 0. The Balaban J connectivity index is 2.47. The van der Waals surface area contributed by atoms with Gasteiger partial charge in [-0.25, -0.2) is 4.98 Å². The van der Waals surface area contributed by atoms with E-state index >= 15 is 0 Å². The molecule has 0 aliphatic carbocycles. The zero-order valence-electron chi connectivity index (χ0n) is 10.7. The maximum Gasteiger partial charge on any atom is 0.239 e. The highest BCUT2D eigenvalue weighted by atomic mass is 16.2. The zero-order valence-corrected chi connectivity index (χ0v) is 10.7. The van der Waals surface area contributed by atoms with Gasteiger partial charge in [-0.3, -0.25) is 4.79 Å². The molecule has 0 atom stereocenters. The second-order valence-corrected chi connectivity index (χ2v) is 4.67. The van der Waals surface area contributed by atoms with E-state index in [1.165, 1.54) is 0 Å². The second-order valence-electron chi connectivity index (χ2n) is 4.67. The fourth-order valence-electron chi connectivity index (χ4n) is 1.21. The lowest BCUT2D eigenvalue weighted by Gasteiger charge is -2.20. The average Bonchev–Trinajstić information content (AvgIpc) is 2.24. The number of carbonyl (C=O) groups is 1. The third kappa shape index (κ3) is 5.14. The Hall–Kier alpha value is -1.85. The Kier molecular flexibility index (Phi) is 4.25. The van der Waals surface area contributed by atoms with Gasteiger partial charge in [-0.15, -0.1) is 0 Å². The molecule has 0 radical (unpaired) electrons. The van der Waals surface area contributed by atoms with Crippen LogP contribution in [-0.2, 0) is 4.79 Å². The molecular weight excluding hydrogens is 218 g/mol. The van der Waals surface area contributed by atoms with Gasteiger partial charge in [0.25, 0.3) is 0 Å². The number of hydrogen-bond donors (Lipinski definition) is 3. The molecule has 0 fully saturated rings. The standard InChI is InChI=1S/C11H19N5O/c1-11(2,3)16-9(17)7-14-8-5-6-13-10(12-4)15-8/h5-6H,7H2,1-4H3,(H,16,17)(H2,12,13,14,15). The van der Waals surface area contributed by atoms with Gasteiger partial charge in [-0.1, -0.05) is 0 Å². The first-order chi connectivity index (χ1) is 7.90. The van der Waals surface area contributed by atoms with Crippen LogP contribution in [0.25, 0.3) is 0 Å². The number of anilines is 2. The van der Waals surface area contributed by atoms with Crippen LogP contribution in [0.15, 0.2) is 12.3 Å². The van der Waals surface area contributed by atoms with Gasteiger partial charge in [-0.05, 0) is 26.8 Å². The monoisotopic (exact) mass is 237 g/mol. The summed E-state index contributed by atoms with van der Waals surface area (Å²) in [5.41, 5.74) is -0.222. The van der Waals surface area contributed by atoms with Crippen molar-refractivity contribution in [3.05, 3.63) is 12.3 Å². The van der Waals surface area contributed by atoms with Crippen LogP contribution >= 0.6 is 0 Å². The average molecular weight is 237 g/mol. The van der Waals surface area contributed by atoms with E-state index in [0.29, 0.717) is 11.8 Å². The number of rotatable bonds is 4. The molecule has 0 spiro atoms. The maximum absolute atomic E-state index is 11.6. The van der Waals surface area contributed by atoms with Gasteiger partial charge < -0.3 is 16.0 Å². The van der Waals surface area contributed by atoms with Crippen molar-refractivity contribution in [1.29, 1.82) is 0 Å². The molecule has 0 saturated carbocycles. The molecule has 0 saturated heterocycles. The predicted octanol–water partition coefficient (Wildman–Crippen LogP) is 0.845. The fraction of sp³-hybridized carbons (Fsp3) is 0.545. The number of hydrogen-bond acceptors (Lipinski definition) is 5. The molecular formula is C11H19N5O. The number of nitrogens with zero attached hydrogens (tertiary/aromatic N) is 2. The van der Waals surface area contributed by atoms with Crippen LogP contribution in [0.4, 0.5) is 11.8 Å². The molecule has 6 heteroatoms. The highest BCUT2D eigenvalue weighted by Gasteiger charge is 2.13. The summed E-state index contributed by atoms with van der Waals surface area (Å²) in [6, 6.07) is 1.71. The van der Waals surface area contributed by atoms with Crippen molar-refractivity contribution >= 4 is 17.7 Å². The Labute approximate surface area is 101 Å². The third-order valence-electron chi connectivity index (χ3n) is 1.82. The molecule has 3 N–H and O–H groups in total. The van der Waals surface area contributed by atoms with Crippen LogP contribution in [-0.4, -0.2) is 35.0 Å². The molecule has 1 amide bonds. The van der Waals surface area contributed by atoms with E-state index in [1.807, 2.05) is 20.8 Å². The SMILES string of the molecule is CNc1nccc(NCC(=O)NC(C)(C)C)n1. The Morgan fingerprint density at radius 3 is 2.71 bits per heavy atom. The molecule has 0 aliphatic rings.